The maximum Gasteiger partial charge on any atom is 0.339 e. The first-order chi connectivity index (χ1) is 9.20. The van der Waals surface area contributed by atoms with E-state index in [1.165, 1.54) is 12.3 Å². The van der Waals surface area contributed by atoms with Crippen molar-refractivity contribution in [2.75, 3.05) is 19.0 Å². The van der Waals surface area contributed by atoms with E-state index in [1.807, 2.05) is 0 Å². The normalized spacial score (nSPS) is 10.4. The second kappa shape index (κ2) is 5.91. The molecule has 0 aliphatic heterocycles. The van der Waals surface area contributed by atoms with Gasteiger partial charge in [0, 0.05) is 13.3 Å². The van der Waals surface area contributed by atoms with Crippen LogP contribution in [0.3, 0.4) is 0 Å². The fraction of sp³-hybridized carbons (Fsp3) is 0.273. The number of ether oxygens (including phenoxy) is 1. The van der Waals surface area contributed by atoms with Gasteiger partial charge in [0.15, 0.2) is 5.82 Å². The standard InChI is InChI=1S/C11H13N5O3/c1-19-5-4-16-7-8(6-13-16)14-10-9(11(17)18)2-3-12-15-10/h2-3,6-7H,4-5H2,1H3,(H,14,15)(H,17,18). The summed E-state index contributed by atoms with van der Waals surface area (Å²) in [6, 6.07) is 1.38. The Morgan fingerprint density at radius 3 is 3.16 bits per heavy atom. The second-order valence-corrected chi connectivity index (χ2v) is 3.71. The number of aromatic carboxylic acids is 1. The summed E-state index contributed by atoms with van der Waals surface area (Å²) < 4.78 is 6.63. The van der Waals surface area contributed by atoms with Crippen LogP contribution < -0.4 is 5.32 Å². The van der Waals surface area contributed by atoms with Gasteiger partial charge in [0.1, 0.15) is 5.56 Å². The summed E-state index contributed by atoms with van der Waals surface area (Å²) in [5.41, 5.74) is 0.693. The number of nitrogens with zero attached hydrogens (tertiary/aromatic N) is 4. The minimum absolute atomic E-state index is 0.0552. The lowest BCUT2D eigenvalue weighted by molar-refractivity contribution is 0.0697. The lowest BCUT2D eigenvalue weighted by Gasteiger charge is -2.04. The molecule has 2 aromatic rings. The Hall–Kier alpha value is -2.48. The van der Waals surface area contributed by atoms with Gasteiger partial charge in [-0.1, -0.05) is 0 Å². The zero-order chi connectivity index (χ0) is 13.7. The Kier molecular flexibility index (Phi) is 4.04. The third kappa shape index (κ3) is 3.26. The van der Waals surface area contributed by atoms with Gasteiger partial charge in [-0.25, -0.2) is 4.79 Å². The molecule has 2 rings (SSSR count). The van der Waals surface area contributed by atoms with Crippen LogP contribution in [0.25, 0.3) is 0 Å². The average molecular weight is 263 g/mol. The molecule has 0 unspecified atom stereocenters. The fourth-order valence-corrected chi connectivity index (χ4v) is 1.47. The molecule has 0 aliphatic carbocycles. The fourth-order valence-electron chi connectivity index (χ4n) is 1.47. The molecule has 0 amide bonds. The number of carboxylic acids is 1. The van der Waals surface area contributed by atoms with Crippen molar-refractivity contribution >= 4 is 17.5 Å². The number of methoxy groups -OCH3 is 1. The molecule has 100 valence electrons. The Bertz CT molecular complexity index is 569. The predicted octanol–water partition coefficient (Wildman–Crippen LogP) is 0.761. The van der Waals surface area contributed by atoms with Gasteiger partial charge in [-0.15, -0.1) is 5.10 Å². The maximum atomic E-state index is 11.0. The summed E-state index contributed by atoms with van der Waals surface area (Å²) in [5, 5.41) is 23.4. The molecule has 8 heteroatoms. The third-order valence-corrected chi connectivity index (χ3v) is 2.37. The lowest BCUT2D eigenvalue weighted by atomic mass is 10.3. The summed E-state index contributed by atoms with van der Waals surface area (Å²) >= 11 is 0. The third-order valence-electron chi connectivity index (χ3n) is 2.37. The molecule has 2 heterocycles. The van der Waals surface area contributed by atoms with Crippen molar-refractivity contribution in [1.29, 1.82) is 0 Å². The number of anilines is 2. The SMILES string of the molecule is COCCn1cc(Nc2nnccc2C(=O)O)cn1. The Morgan fingerprint density at radius 2 is 2.42 bits per heavy atom. The Morgan fingerprint density at radius 1 is 1.58 bits per heavy atom. The summed E-state index contributed by atoms with van der Waals surface area (Å²) in [6.07, 6.45) is 4.64. The van der Waals surface area contributed by atoms with E-state index in [9.17, 15) is 4.79 Å². The minimum Gasteiger partial charge on any atom is -0.478 e. The van der Waals surface area contributed by atoms with E-state index in [0.29, 0.717) is 18.8 Å². The molecule has 0 fully saturated rings. The molecule has 0 aromatic carbocycles. The highest BCUT2D eigenvalue weighted by Gasteiger charge is 2.12. The van der Waals surface area contributed by atoms with Crippen molar-refractivity contribution in [3.63, 3.8) is 0 Å². The van der Waals surface area contributed by atoms with Crippen LogP contribution in [0.15, 0.2) is 24.7 Å². The first-order valence-corrected chi connectivity index (χ1v) is 5.54. The number of rotatable bonds is 6. The number of nitrogens with one attached hydrogen (secondary N) is 1. The van der Waals surface area contributed by atoms with Crippen molar-refractivity contribution in [3.05, 3.63) is 30.2 Å². The van der Waals surface area contributed by atoms with Gasteiger partial charge < -0.3 is 15.2 Å². The number of carboxylic acid groups (broad SMARTS) is 1. The van der Waals surface area contributed by atoms with Gasteiger partial charge in [0.05, 0.1) is 31.2 Å². The molecule has 0 saturated heterocycles. The van der Waals surface area contributed by atoms with Crippen LogP contribution >= 0.6 is 0 Å². The van der Waals surface area contributed by atoms with E-state index in [2.05, 4.69) is 20.6 Å². The summed E-state index contributed by atoms with van der Waals surface area (Å²) in [7, 11) is 1.61. The molecule has 0 radical (unpaired) electrons. The van der Waals surface area contributed by atoms with Crippen LogP contribution in [0.1, 0.15) is 10.4 Å². The topological polar surface area (TPSA) is 102 Å². The molecule has 0 saturated carbocycles. The molecular weight excluding hydrogens is 250 g/mol. The number of hydrogen-bond donors (Lipinski definition) is 2. The van der Waals surface area contributed by atoms with Crippen LogP contribution in [0.2, 0.25) is 0 Å². The average Bonchev–Trinajstić information content (AvgIpc) is 2.84. The van der Waals surface area contributed by atoms with Crippen LogP contribution in [0.5, 0.6) is 0 Å². The molecule has 2 N–H and O–H groups in total. The number of aromatic nitrogens is 4. The predicted molar refractivity (Wildman–Crippen MR) is 66.4 cm³/mol. The highest BCUT2D eigenvalue weighted by atomic mass is 16.5. The van der Waals surface area contributed by atoms with E-state index in [-0.39, 0.29) is 11.4 Å². The zero-order valence-electron chi connectivity index (χ0n) is 10.3. The molecule has 19 heavy (non-hydrogen) atoms. The van der Waals surface area contributed by atoms with Crippen molar-refractivity contribution in [1.82, 2.24) is 20.0 Å². The summed E-state index contributed by atoms with van der Waals surface area (Å²) in [5.74, 6) is -0.884. The number of carbonyl (C=O) groups is 1. The van der Waals surface area contributed by atoms with Gasteiger partial charge in [-0.3, -0.25) is 4.68 Å². The molecule has 0 atom stereocenters. The van der Waals surface area contributed by atoms with E-state index in [1.54, 1.807) is 24.2 Å². The molecule has 2 aromatic heterocycles. The molecule has 0 spiro atoms. The first kappa shape index (κ1) is 13.0. The van der Waals surface area contributed by atoms with Crippen molar-refractivity contribution < 1.29 is 14.6 Å². The Balaban J connectivity index is 2.13. The van der Waals surface area contributed by atoms with Gasteiger partial charge in [0.25, 0.3) is 0 Å². The van der Waals surface area contributed by atoms with E-state index < -0.39 is 5.97 Å². The molecule has 8 nitrogen and oxygen atoms in total. The smallest absolute Gasteiger partial charge is 0.339 e. The van der Waals surface area contributed by atoms with E-state index in [0.717, 1.165) is 0 Å². The molecular formula is C11H13N5O3. The maximum absolute atomic E-state index is 11.0. The molecule has 0 bridgehead atoms. The van der Waals surface area contributed by atoms with Crippen molar-refractivity contribution in [3.8, 4) is 0 Å². The monoisotopic (exact) mass is 263 g/mol. The van der Waals surface area contributed by atoms with Gasteiger partial charge in [-0.05, 0) is 6.07 Å². The van der Waals surface area contributed by atoms with Crippen LogP contribution in [-0.2, 0) is 11.3 Å². The largest absolute Gasteiger partial charge is 0.478 e. The van der Waals surface area contributed by atoms with E-state index >= 15 is 0 Å². The number of hydrogen-bond acceptors (Lipinski definition) is 6. The molecule has 0 aliphatic rings. The van der Waals surface area contributed by atoms with Crippen LogP contribution in [0.4, 0.5) is 11.5 Å². The first-order valence-electron chi connectivity index (χ1n) is 5.54. The Labute approximate surface area is 109 Å². The van der Waals surface area contributed by atoms with Gasteiger partial charge in [0.2, 0.25) is 0 Å². The van der Waals surface area contributed by atoms with E-state index in [4.69, 9.17) is 9.84 Å². The van der Waals surface area contributed by atoms with Gasteiger partial charge >= 0.3 is 5.97 Å². The lowest BCUT2D eigenvalue weighted by Crippen LogP contribution is -2.06. The highest BCUT2D eigenvalue weighted by molar-refractivity contribution is 5.93. The van der Waals surface area contributed by atoms with Crippen molar-refractivity contribution in [2.45, 2.75) is 6.54 Å². The van der Waals surface area contributed by atoms with Crippen LogP contribution in [0, 0.1) is 0 Å². The highest BCUT2D eigenvalue weighted by Crippen LogP contribution is 2.16. The summed E-state index contributed by atoms with van der Waals surface area (Å²) in [6.45, 7) is 1.16. The summed E-state index contributed by atoms with van der Waals surface area (Å²) in [4.78, 5) is 11.0. The zero-order valence-corrected chi connectivity index (χ0v) is 10.3. The second-order valence-electron chi connectivity index (χ2n) is 3.71. The van der Waals surface area contributed by atoms with Crippen LogP contribution in [-0.4, -0.2) is 44.8 Å². The van der Waals surface area contributed by atoms with Gasteiger partial charge in [-0.2, -0.15) is 10.2 Å². The minimum atomic E-state index is -1.07. The quantitative estimate of drug-likeness (QED) is 0.793. The van der Waals surface area contributed by atoms with Crippen molar-refractivity contribution in [2.24, 2.45) is 0 Å².